The van der Waals surface area contributed by atoms with Crippen LogP contribution in [0.5, 0.6) is 5.75 Å². The van der Waals surface area contributed by atoms with Crippen LogP contribution in [0.1, 0.15) is 19.5 Å². The van der Waals surface area contributed by atoms with Crippen LogP contribution in [0.2, 0.25) is 0 Å². The molecule has 23 heavy (non-hydrogen) atoms. The minimum atomic E-state index is -0.406. The number of anilines is 1. The molecule has 0 fully saturated rings. The van der Waals surface area contributed by atoms with Crippen LogP contribution < -0.4 is 15.6 Å². The van der Waals surface area contributed by atoms with Gasteiger partial charge < -0.3 is 15.0 Å². The zero-order valence-corrected chi connectivity index (χ0v) is 14.1. The number of benzene rings is 1. The third-order valence-corrected chi connectivity index (χ3v) is 4.11. The first-order valence-electron chi connectivity index (χ1n) is 7.23. The Bertz CT molecular complexity index is 745. The second-order valence-corrected chi connectivity index (χ2v) is 6.21. The Labute approximate surface area is 138 Å². The summed E-state index contributed by atoms with van der Waals surface area (Å²) in [4.78, 5) is 30.8. The highest BCUT2D eigenvalue weighted by Gasteiger charge is 2.16. The summed E-state index contributed by atoms with van der Waals surface area (Å²) < 4.78 is 5.13. The van der Waals surface area contributed by atoms with Gasteiger partial charge in [0, 0.05) is 23.5 Å². The van der Waals surface area contributed by atoms with Gasteiger partial charge in [-0.2, -0.15) is 0 Å². The Morgan fingerprint density at radius 2 is 2.22 bits per heavy atom. The average molecular weight is 333 g/mol. The maximum Gasteiger partial charge on any atom is 0.251 e. The first-order valence-corrected chi connectivity index (χ1v) is 8.11. The minimum absolute atomic E-state index is 0.173. The number of H-pyrrole nitrogens is 1. The second kappa shape index (κ2) is 7.82. The SMILES string of the molecule is CCc1cc(=O)[nH]c(SC(C)C(=O)Nc2cccc(OC)c2)n1. The van der Waals surface area contributed by atoms with Gasteiger partial charge in [0.05, 0.1) is 12.4 Å². The summed E-state index contributed by atoms with van der Waals surface area (Å²) in [5.41, 5.74) is 1.15. The van der Waals surface area contributed by atoms with Gasteiger partial charge in [0.2, 0.25) is 5.91 Å². The molecule has 1 amide bonds. The van der Waals surface area contributed by atoms with E-state index in [0.29, 0.717) is 28.7 Å². The number of aromatic amines is 1. The number of hydrogen-bond acceptors (Lipinski definition) is 5. The highest BCUT2D eigenvalue weighted by molar-refractivity contribution is 8.00. The van der Waals surface area contributed by atoms with Gasteiger partial charge in [0.25, 0.3) is 5.56 Å². The largest absolute Gasteiger partial charge is 0.497 e. The summed E-state index contributed by atoms with van der Waals surface area (Å²) in [7, 11) is 1.57. The Balaban J connectivity index is 2.05. The van der Waals surface area contributed by atoms with Crippen molar-refractivity contribution >= 4 is 23.4 Å². The van der Waals surface area contributed by atoms with E-state index in [1.807, 2.05) is 6.92 Å². The number of methoxy groups -OCH3 is 1. The molecular formula is C16H19N3O3S. The number of carbonyl (C=O) groups excluding carboxylic acids is 1. The Morgan fingerprint density at radius 1 is 1.43 bits per heavy atom. The van der Waals surface area contributed by atoms with Gasteiger partial charge in [-0.15, -0.1) is 0 Å². The predicted octanol–water partition coefficient (Wildman–Crippen LogP) is 2.46. The molecule has 2 aromatic rings. The monoisotopic (exact) mass is 333 g/mol. The summed E-state index contributed by atoms with van der Waals surface area (Å²) in [5, 5.41) is 2.86. The summed E-state index contributed by atoms with van der Waals surface area (Å²) in [5.74, 6) is 0.498. The van der Waals surface area contributed by atoms with Crippen LogP contribution in [0.25, 0.3) is 0 Å². The molecular weight excluding hydrogens is 314 g/mol. The fourth-order valence-electron chi connectivity index (χ4n) is 1.89. The van der Waals surface area contributed by atoms with Crippen molar-refractivity contribution in [2.75, 3.05) is 12.4 Å². The predicted molar refractivity (Wildman–Crippen MR) is 91.2 cm³/mol. The van der Waals surface area contributed by atoms with Crippen LogP contribution in [0.4, 0.5) is 5.69 Å². The van der Waals surface area contributed by atoms with Crippen molar-refractivity contribution in [1.29, 1.82) is 0 Å². The maximum atomic E-state index is 12.3. The lowest BCUT2D eigenvalue weighted by molar-refractivity contribution is -0.115. The van der Waals surface area contributed by atoms with E-state index in [2.05, 4.69) is 15.3 Å². The fraction of sp³-hybridized carbons (Fsp3) is 0.312. The topological polar surface area (TPSA) is 84.1 Å². The van der Waals surface area contributed by atoms with Crippen LogP contribution >= 0.6 is 11.8 Å². The molecule has 0 saturated carbocycles. The lowest BCUT2D eigenvalue weighted by Crippen LogP contribution is -2.23. The van der Waals surface area contributed by atoms with E-state index in [9.17, 15) is 9.59 Å². The van der Waals surface area contributed by atoms with E-state index < -0.39 is 5.25 Å². The second-order valence-electron chi connectivity index (χ2n) is 4.88. The van der Waals surface area contributed by atoms with E-state index in [4.69, 9.17) is 4.74 Å². The zero-order valence-electron chi connectivity index (χ0n) is 13.3. The van der Waals surface area contributed by atoms with Crippen molar-refractivity contribution in [3.05, 3.63) is 46.4 Å². The van der Waals surface area contributed by atoms with E-state index in [0.717, 1.165) is 0 Å². The molecule has 0 bridgehead atoms. The van der Waals surface area contributed by atoms with Gasteiger partial charge in [0.1, 0.15) is 5.75 Å². The van der Waals surface area contributed by atoms with E-state index in [-0.39, 0.29) is 11.5 Å². The molecule has 0 aliphatic heterocycles. The zero-order chi connectivity index (χ0) is 16.8. The number of rotatable bonds is 6. The molecule has 1 aromatic heterocycles. The quantitative estimate of drug-likeness (QED) is 0.627. The molecule has 0 spiro atoms. The fourth-order valence-corrected chi connectivity index (χ4v) is 2.72. The standard InChI is InChI=1S/C16H19N3O3S/c1-4-11-9-14(20)19-16(18-11)23-10(2)15(21)17-12-6-5-7-13(8-12)22-3/h5-10H,4H2,1-3H3,(H,17,21)(H,18,19,20). The van der Waals surface area contributed by atoms with Crippen LogP contribution in [-0.4, -0.2) is 28.2 Å². The molecule has 7 heteroatoms. The number of nitrogens with zero attached hydrogens (tertiary/aromatic N) is 1. The molecule has 0 saturated heterocycles. The summed E-state index contributed by atoms with van der Waals surface area (Å²) >= 11 is 1.21. The number of amides is 1. The van der Waals surface area contributed by atoms with Gasteiger partial charge in [0.15, 0.2) is 5.16 Å². The van der Waals surface area contributed by atoms with E-state index in [1.54, 1.807) is 38.3 Å². The maximum absolute atomic E-state index is 12.3. The van der Waals surface area contributed by atoms with Crippen LogP contribution in [0.3, 0.4) is 0 Å². The number of thioether (sulfide) groups is 1. The first-order chi connectivity index (χ1) is 11.0. The van der Waals surface area contributed by atoms with E-state index in [1.165, 1.54) is 17.8 Å². The molecule has 122 valence electrons. The van der Waals surface area contributed by atoms with Crippen molar-refractivity contribution in [3.63, 3.8) is 0 Å². The van der Waals surface area contributed by atoms with Crippen molar-refractivity contribution in [3.8, 4) is 5.75 Å². The highest BCUT2D eigenvalue weighted by atomic mass is 32.2. The van der Waals surface area contributed by atoms with Gasteiger partial charge in [-0.05, 0) is 25.5 Å². The summed E-state index contributed by atoms with van der Waals surface area (Å²) in [6.07, 6.45) is 0.669. The van der Waals surface area contributed by atoms with Gasteiger partial charge in [-0.25, -0.2) is 4.98 Å². The average Bonchev–Trinajstić information content (AvgIpc) is 2.54. The Kier molecular flexibility index (Phi) is 5.81. The van der Waals surface area contributed by atoms with Crippen LogP contribution in [-0.2, 0) is 11.2 Å². The van der Waals surface area contributed by atoms with Gasteiger partial charge in [-0.1, -0.05) is 24.8 Å². The smallest absolute Gasteiger partial charge is 0.251 e. The number of hydrogen-bond donors (Lipinski definition) is 2. The summed E-state index contributed by atoms with van der Waals surface area (Å²) in [6.45, 7) is 3.69. The minimum Gasteiger partial charge on any atom is -0.497 e. The highest BCUT2D eigenvalue weighted by Crippen LogP contribution is 2.21. The molecule has 0 aliphatic carbocycles. The third-order valence-electron chi connectivity index (χ3n) is 3.13. The molecule has 2 rings (SSSR count). The number of nitrogens with one attached hydrogen (secondary N) is 2. The van der Waals surface area contributed by atoms with Gasteiger partial charge >= 0.3 is 0 Å². The third kappa shape index (κ3) is 4.85. The van der Waals surface area contributed by atoms with Crippen LogP contribution in [0.15, 0.2) is 40.3 Å². The lowest BCUT2D eigenvalue weighted by atomic mass is 10.3. The van der Waals surface area contributed by atoms with Crippen molar-refractivity contribution < 1.29 is 9.53 Å². The number of aromatic nitrogens is 2. The molecule has 0 radical (unpaired) electrons. The molecule has 2 N–H and O–H groups in total. The molecule has 1 unspecified atom stereocenters. The van der Waals surface area contributed by atoms with E-state index >= 15 is 0 Å². The number of aryl methyl sites for hydroxylation is 1. The van der Waals surface area contributed by atoms with Crippen molar-refractivity contribution in [2.45, 2.75) is 30.7 Å². The number of ether oxygens (including phenoxy) is 1. The lowest BCUT2D eigenvalue weighted by Gasteiger charge is -2.12. The number of carbonyl (C=O) groups is 1. The molecule has 1 heterocycles. The Hall–Kier alpha value is -2.28. The first kappa shape index (κ1) is 17.1. The Morgan fingerprint density at radius 3 is 2.91 bits per heavy atom. The normalized spacial score (nSPS) is 11.8. The molecule has 1 atom stereocenters. The van der Waals surface area contributed by atoms with Crippen LogP contribution in [0, 0.1) is 0 Å². The van der Waals surface area contributed by atoms with Gasteiger partial charge in [-0.3, -0.25) is 9.59 Å². The summed E-state index contributed by atoms with van der Waals surface area (Å²) in [6, 6.07) is 8.60. The van der Waals surface area contributed by atoms with Crippen molar-refractivity contribution in [1.82, 2.24) is 9.97 Å². The van der Waals surface area contributed by atoms with Crippen molar-refractivity contribution in [2.24, 2.45) is 0 Å². The molecule has 0 aliphatic rings. The molecule has 1 aromatic carbocycles. The molecule has 6 nitrogen and oxygen atoms in total.